The first kappa shape index (κ1) is 23.6. The Hall–Kier alpha value is -3.74. The van der Waals surface area contributed by atoms with Crippen LogP contribution in [0.3, 0.4) is 0 Å². The van der Waals surface area contributed by atoms with Gasteiger partial charge in [0.1, 0.15) is 33.5 Å². The van der Waals surface area contributed by atoms with Crippen molar-refractivity contribution in [1.29, 1.82) is 0 Å². The summed E-state index contributed by atoms with van der Waals surface area (Å²) in [7, 11) is 0. The summed E-state index contributed by atoms with van der Waals surface area (Å²) in [4.78, 5) is 30.1. The van der Waals surface area contributed by atoms with E-state index >= 15 is 0 Å². The highest BCUT2D eigenvalue weighted by molar-refractivity contribution is 7.17. The van der Waals surface area contributed by atoms with Gasteiger partial charge in [0.15, 0.2) is 10.8 Å². The monoisotopic (exact) mass is 538 g/mol. The van der Waals surface area contributed by atoms with Crippen molar-refractivity contribution in [3.05, 3.63) is 64.2 Å². The van der Waals surface area contributed by atoms with E-state index in [0.29, 0.717) is 51.1 Å². The molecule has 37 heavy (non-hydrogen) atoms. The molecule has 0 radical (unpaired) electrons. The zero-order valence-corrected chi connectivity index (χ0v) is 20.7. The first-order chi connectivity index (χ1) is 18.0. The van der Waals surface area contributed by atoms with Crippen molar-refractivity contribution < 1.29 is 14.3 Å². The summed E-state index contributed by atoms with van der Waals surface area (Å²) in [5.74, 6) is 0.00683. The van der Waals surface area contributed by atoms with Gasteiger partial charge in [-0.25, -0.2) is 19.3 Å². The largest absolute Gasteiger partial charge is 0.389 e. The predicted octanol–water partition coefficient (Wildman–Crippen LogP) is 4.02. The maximum Gasteiger partial charge on any atom is 0.280 e. The highest BCUT2D eigenvalue weighted by atomic mass is 35.5. The molecule has 5 aromatic rings. The highest BCUT2D eigenvalue weighted by Crippen LogP contribution is 2.37. The van der Waals surface area contributed by atoms with Crippen LogP contribution in [0, 0.1) is 5.82 Å². The van der Waals surface area contributed by atoms with E-state index in [2.05, 4.69) is 30.5 Å². The van der Waals surface area contributed by atoms with Crippen LogP contribution in [0.2, 0.25) is 4.34 Å². The third-order valence-corrected chi connectivity index (χ3v) is 7.60. The molecule has 0 aliphatic heterocycles. The van der Waals surface area contributed by atoms with Gasteiger partial charge >= 0.3 is 0 Å². The number of amides is 1. The highest BCUT2D eigenvalue weighted by Gasteiger charge is 2.37. The predicted molar refractivity (Wildman–Crippen MR) is 136 cm³/mol. The molecule has 0 unspecified atom stereocenters. The number of rotatable bonds is 5. The average molecular weight is 539 g/mol. The topological polar surface area (TPSA) is 134 Å². The Morgan fingerprint density at radius 1 is 1.22 bits per heavy atom. The lowest BCUT2D eigenvalue weighted by Gasteiger charge is -2.36. The van der Waals surface area contributed by atoms with Crippen molar-refractivity contribution in [1.82, 2.24) is 40.0 Å². The van der Waals surface area contributed by atoms with Gasteiger partial charge in [-0.05, 0) is 37.5 Å². The molecule has 0 saturated heterocycles. The molecule has 0 bridgehead atoms. The van der Waals surface area contributed by atoms with Crippen molar-refractivity contribution in [3.63, 3.8) is 0 Å². The number of aliphatic hydroxyl groups is 1. The number of aliphatic hydroxyl groups excluding tert-OH is 1. The molecule has 1 fully saturated rings. The van der Waals surface area contributed by atoms with E-state index in [1.165, 1.54) is 18.6 Å². The number of aromatic nitrogens is 7. The van der Waals surface area contributed by atoms with Crippen LogP contribution >= 0.6 is 22.9 Å². The summed E-state index contributed by atoms with van der Waals surface area (Å²) in [5.41, 5.74) is 2.03. The van der Waals surface area contributed by atoms with Crippen molar-refractivity contribution in [2.45, 2.75) is 37.5 Å². The van der Waals surface area contributed by atoms with E-state index in [4.69, 9.17) is 16.6 Å². The lowest BCUT2D eigenvalue weighted by atomic mass is 9.87. The van der Waals surface area contributed by atoms with Crippen LogP contribution in [-0.4, -0.2) is 57.9 Å². The van der Waals surface area contributed by atoms with Gasteiger partial charge in [0.05, 0.1) is 41.7 Å². The molecule has 188 valence electrons. The number of thiazole rings is 1. The summed E-state index contributed by atoms with van der Waals surface area (Å²) >= 11 is 7.00. The summed E-state index contributed by atoms with van der Waals surface area (Å²) in [6, 6.07) is 7.12. The fourth-order valence-electron chi connectivity index (χ4n) is 4.81. The van der Waals surface area contributed by atoms with Gasteiger partial charge in [-0.3, -0.25) is 14.9 Å². The van der Waals surface area contributed by atoms with Crippen molar-refractivity contribution in [2.75, 3.05) is 0 Å². The Kier molecular flexibility index (Phi) is 6.14. The van der Waals surface area contributed by atoms with E-state index in [1.807, 2.05) is 4.57 Å². The normalized spacial score (nSPS) is 19.8. The third kappa shape index (κ3) is 4.37. The minimum atomic E-state index is -0.974. The number of carbonyl (C=O) groups excluding carboxylic acids is 1. The average Bonchev–Trinajstić information content (AvgIpc) is 3.65. The second-order valence-corrected chi connectivity index (χ2v) is 10.4. The Morgan fingerprint density at radius 3 is 2.84 bits per heavy atom. The number of H-pyrrole nitrogens is 1. The van der Waals surface area contributed by atoms with Crippen LogP contribution in [0.5, 0.6) is 0 Å². The van der Waals surface area contributed by atoms with E-state index < -0.39 is 29.9 Å². The van der Waals surface area contributed by atoms with Gasteiger partial charge in [0.25, 0.3) is 5.91 Å². The van der Waals surface area contributed by atoms with E-state index in [0.717, 1.165) is 17.8 Å². The molecular weight excluding hydrogens is 519 g/mol. The lowest BCUT2D eigenvalue weighted by molar-refractivity contribution is 0.0417. The van der Waals surface area contributed by atoms with Crippen LogP contribution in [0.15, 0.2) is 49.1 Å². The molecule has 4 aromatic heterocycles. The Labute approximate surface area is 218 Å². The maximum atomic E-state index is 15.0. The number of pyridine rings is 1. The number of benzene rings is 1. The van der Waals surface area contributed by atoms with E-state index in [1.54, 1.807) is 30.5 Å². The van der Waals surface area contributed by atoms with Crippen molar-refractivity contribution in [2.24, 2.45) is 0 Å². The number of nitrogens with one attached hydrogen (secondary N) is 2. The molecule has 3 N–H and O–H groups in total. The molecule has 6 rings (SSSR count). The number of halogens is 2. The molecule has 4 heterocycles. The van der Waals surface area contributed by atoms with Gasteiger partial charge in [-0.15, -0.1) is 0 Å². The number of imidazole rings is 1. The van der Waals surface area contributed by atoms with Crippen molar-refractivity contribution in [3.8, 4) is 22.9 Å². The Morgan fingerprint density at radius 2 is 2.08 bits per heavy atom. The van der Waals surface area contributed by atoms with Gasteiger partial charge in [-0.2, -0.15) is 5.10 Å². The first-order valence-electron chi connectivity index (χ1n) is 11.6. The number of hydrogen-bond acceptors (Lipinski definition) is 8. The van der Waals surface area contributed by atoms with Gasteiger partial charge in [0, 0.05) is 0 Å². The maximum absolute atomic E-state index is 15.0. The van der Waals surface area contributed by atoms with Crippen molar-refractivity contribution >= 4 is 39.9 Å². The molecule has 13 heteroatoms. The van der Waals surface area contributed by atoms with Gasteiger partial charge < -0.3 is 15.0 Å². The van der Waals surface area contributed by atoms with Crippen LogP contribution in [0.4, 0.5) is 4.39 Å². The second-order valence-electron chi connectivity index (χ2n) is 8.72. The summed E-state index contributed by atoms with van der Waals surface area (Å²) in [5, 5.41) is 21.3. The van der Waals surface area contributed by atoms with Gasteiger partial charge in [0.2, 0.25) is 0 Å². The molecule has 1 aliphatic rings. The Balaban J connectivity index is 1.44. The van der Waals surface area contributed by atoms with Crippen LogP contribution < -0.4 is 5.32 Å². The smallest absolute Gasteiger partial charge is 0.280 e. The third-order valence-electron chi connectivity index (χ3n) is 6.49. The second kappa shape index (κ2) is 9.61. The first-order valence-corrected chi connectivity index (χ1v) is 12.8. The number of fused-ring (bicyclic) bond motifs is 1. The van der Waals surface area contributed by atoms with Gasteiger partial charge in [-0.1, -0.05) is 35.1 Å². The molecule has 1 aromatic carbocycles. The van der Waals surface area contributed by atoms with Crippen LogP contribution in [-0.2, 0) is 0 Å². The zero-order valence-electron chi connectivity index (χ0n) is 19.2. The molecule has 1 aliphatic carbocycles. The molecular formula is C24H20ClFN8O2S. The van der Waals surface area contributed by atoms with E-state index in [-0.39, 0.29) is 5.01 Å². The number of nitrogens with zero attached hydrogens (tertiary/aromatic N) is 6. The summed E-state index contributed by atoms with van der Waals surface area (Å²) < 4.78 is 17.2. The summed E-state index contributed by atoms with van der Waals surface area (Å²) in [6.07, 6.45) is 5.32. The number of aromatic amines is 1. The summed E-state index contributed by atoms with van der Waals surface area (Å²) in [6.45, 7) is 0. The SMILES string of the molecule is O=C(N[C@H]1CCC[C@@H](n2c(-c3ccccc3F)nc3cnc(-c4ncn[nH]4)cc32)[C@@H]1O)c1ncc(Cl)s1. The fourth-order valence-corrected chi connectivity index (χ4v) is 5.63. The molecule has 0 spiro atoms. The van der Waals surface area contributed by atoms with Crippen LogP contribution in [0.1, 0.15) is 35.1 Å². The minimum absolute atomic E-state index is 0.224. The molecule has 1 saturated carbocycles. The quantitative estimate of drug-likeness (QED) is 0.307. The standard InChI is InChI=1S/C24H20ClFN8O2S/c25-19-10-28-24(37-19)23(36)32-14-6-3-7-17(20(14)35)34-18-8-15(21-29-11-30-33-21)27-9-16(18)31-22(34)12-4-1-2-5-13(12)26/h1-2,4-5,8-11,14,17,20,35H,3,6-7H2,(H,32,36)(H,29,30,33)/t14-,17+,20+/m0/s1. The Bertz CT molecular complexity index is 1590. The van der Waals surface area contributed by atoms with Crippen LogP contribution in [0.25, 0.3) is 33.9 Å². The number of hydrogen-bond donors (Lipinski definition) is 3. The number of carbonyl (C=O) groups is 1. The zero-order chi connectivity index (χ0) is 25.5. The molecule has 3 atom stereocenters. The minimum Gasteiger partial charge on any atom is -0.389 e. The lowest BCUT2D eigenvalue weighted by Crippen LogP contribution is -2.49. The molecule has 1 amide bonds. The molecule has 10 nitrogen and oxygen atoms in total. The fraction of sp³-hybridized carbons (Fsp3) is 0.250. The van der Waals surface area contributed by atoms with E-state index in [9.17, 15) is 14.3 Å².